The van der Waals surface area contributed by atoms with Gasteiger partial charge in [-0.25, -0.2) is 4.98 Å². The maximum absolute atomic E-state index is 11.8. The van der Waals surface area contributed by atoms with Crippen LogP contribution in [0.3, 0.4) is 0 Å². The van der Waals surface area contributed by atoms with Crippen molar-refractivity contribution < 1.29 is 9.59 Å². The second kappa shape index (κ2) is 6.00. The van der Waals surface area contributed by atoms with Gasteiger partial charge < -0.3 is 15.2 Å². The Balaban J connectivity index is 1.76. The van der Waals surface area contributed by atoms with E-state index >= 15 is 0 Å². The summed E-state index contributed by atoms with van der Waals surface area (Å²) in [6, 6.07) is -0.303. The zero-order valence-electron chi connectivity index (χ0n) is 10.0. The first kappa shape index (κ1) is 12.3. The summed E-state index contributed by atoms with van der Waals surface area (Å²) < 4.78 is 0. The van der Waals surface area contributed by atoms with Crippen LogP contribution in [-0.4, -0.2) is 46.3 Å². The average Bonchev–Trinajstić information content (AvgIpc) is 3.04. The average molecular weight is 248 g/mol. The van der Waals surface area contributed by atoms with Gasteiger partial charge in [-0.05, 0) is 18.9 Å². The third-order valence-corrected chi connectivity index (χ3v) is 2.94. The van der Waals surface area contributed by atoms with Crippen molar-refractivity contribution in [3.05, 3.63) is 24.3 Å². The summed E-state index contributed by atoms with van der Waals surface area (Å²) in [4.78, 5) is 30.9. The van der Waals surface area contributed by atoms with E-state index in [1.54, 1.807) is 17.4 Å². The smallest absolute Gasteiger partial charge is 0.243 e. The molecule has 0 aliphatic carbocycles. The molecular weight excluding hydrogens is 232 g/mol. The molecule has 1 atom stereocenters. The number of nitrogens with one attached hydrogen (secondary N) is 2. The molecule has 2 N–H and O–H groups in total. The Hall–Kier alpha value is -2.11. The number of rotatable bonds is 5. The number of likely N-dealkylation sites (tertiary alicyclic amines) is 1. The van der Waals surface area contributed by atoms with E-state index in [4.69, 9.17) is 0 Å². The quantitative estimate of drug-likeness (QED) is 0.729. The summed E-state index contributed by atoms with van der Waals surface area (Å²) in [7, 11) is 0. The molecule has 0 spiro atoms. The minimum atomic E-state index is -0.303. The molecular formula is C12H16N4O2. The summed E-state index contributed by atoms with van der Waals surface area (Å²) in [6.07, 6.45) is 9.36. The highest BCUT2D eigenvalue weighted by Gasteiger charge is 2.28. The largest absolute Gasteiger partial charge is 0.351 e. The molecule has 1 aliphatic heterocycles. The molecule has 1 saturated heterocycles. The number of nitrogens with zero attached hydrogens (tertiary/aromatic N) is 2. The fraction of sp³-hybridized carbons (Fsp3) is 0.417. The van der Waals surface area contributed by atoms with Gasteiger partial charge in [-0.2, -0.15) is 0 Å². The Morgan fingerprint density at radius 3 is 3.28 bits per heavy atom. The number of carbonyl (C=O) groups excluding carboxylic acids is 2. The highest BCUT2D eigenvalue weighted by atomic mass is 16.2. The number of amides is 2. The van der Waals surface area contributed by atoms with Gasteiger partial charge in [0, 0.05) is 13.1 Å². The van der Waals surface area contributed by atoms with Gasteiger partial charge in [-0.15, -0.1) is 0 Å². The van der Waals surface area contributed by atoms with Gasteiger partial charge in [-0.3, -0.25) is 9.59 Å². The first-order valence-electron chi connectivity index (χ1n) is 5.95. The number of aromatic nitrogens is 2. The lowest BCUT2D eigenvalue weighted by molar-refractivity contribution is -0.130. The van der Waals surface area contributed by atoms with Crippen molar-refractivity contribution in [1.29, 1.82) is 0 Å². The molecule has 0 aromatic carbocycles. The summed E-state index contributed by atoms with van der Waals surface area (Å²) in [6.45, 7) is 1.12. The normalized spacial score (nSPS) is 19.3. The fourth-order valence-corrected chi connectivity index (χ4v) is 2.02. The molecule has 1 aromatic rings. The lowest BCUT2D eigenvalue weighted by Crippen LogP contribution is -2.42. The standard InChI is InChI=1S/C12H16N4O2/c17-9-16-6-2-4-11(16)12(18)14-5-1-3-10-7-13-8-15-10/h1,3,7-9,11H,2,4-6H2,(H,13,15)(H,14,18)/b3-1+/t11-/m0/s1. The maximum atomic E-state index is 11.8. The van der Waals surface area contributed by atoms with Crippen LogP contribution in [0.4, 0.5) is 0 Å². The molecule has 1 aliphatic rings. The van der Waals surface area contributed by atoms with Gasteiger partial charge in [0.15, 0.2) is 0 Å². The van der Waals surface area contributed by atoms with Crippen molar-refractivity contribution in [1.82, 2.24) is 20.2 Å². The van der Waals surface area contributed by atoms with Gasteiger partial charge in [0.2, 0.25) is 12.3 Å². The Labute approximate surface area is 105 Å². The van der Waals surface area contributed by atoms with E-state index in [2.05, 4.69) is 15.3 Å². The lowest BCUT2D eigenvalue weighted by atomic mass is 10.2. The molecule has 6 heteroatoms. The SMILES string of the molecule is O=CN1CCC[C@H]1C(=O)NC/C=C/c1cnc[nH]1. The number of hydrogen-bond acceptors (Lipinski definition) is 3. The van der Waals surface area contributed by atoms with Crippen molar-refractivity contribution in [2.75, 3.05) is 13.1 Å². The molecule has 1 fully saturated rings. The van der Waals surface area contributed by atoms with Gasteiger partial charge >= 0.3 is 0 Å². The second-order valence-electron chi connectivity index (χ2n) is 4.16. The van der Waals surface area contributed by atoms with Crippen LogP contribution in [0.5, 0.6) is 0 Å². The Bertz CT molecular complexity index is 427. The van der Waals surface area contributed by atoms with Gasteiger partial charge in [0.1, 0.15) is 6.04 Å². The van der Waals surface area contributed by atoms with Crippen molar-refractivity contribution in [3.63, 3.8) is 0 Å². The first-order valence-corrected chi connectivity index (χ1v) is 5.95. The van der Waals surface area contributed by atoms with Crippen molar-refractivity contribution in [2.24, 2.45) is 0 Å². The van der Waals surface area contributed by atoms with E-state index in [1.807, 2.05) is 12.2 Å². The second-order valence-corrected chi connectivity index (χ2v) is 4.16. The predicted octanol–water partition coefficient (Wildman–Crippen LogP) is 0.160. The lowest BCUT2D eigenvalue weighted by Gasteiger charge is -2.18. The van der Waals surface area contributed by atoms with Crippen LogP contribution >= 0.6 is 0 Å². The van der Waals surface area contributed by atoms with Gasteiger partial charge in [0.25, 0.3) is 0 Å². The summed E-state index contributed by atoms with van der Waals surface area (Å²) in [5.41, 5.74) is 0.889. The van der Waals surface area contributed by atoms with Crippen LogP contribution in [0.1, 0.15) is 18.5 Å². The molecule has 0 saturated carbocycles. The van der Waals surface area contributed by atoms with Gasteiger partial charge in [-0.1, -0.05) is 6.08 Å². The minimum Gasteiger partial charge on any atom is -0.351 e. The molecule has 2 rings (SSSR count). The van der Waals surface area contributed by atoms with E-state index in [1.165, 1.54) is 0 Å². The number of H-pyrrole nitrogens is 1. The topological polar surface area (TPSA) is 78.1 Å². The first-order chi connectivity index (χ1) is 8.81. The number of carbonyl (C=O) groups is 2. The molecule has 0 bridgehead atoms. The minimum absolute atomic E-state index is 0.0890. The number of hydrogen-bond donors (Lipinski definition) is 2. The molecule has 18 heavy (non-hydrogen) atoms. The summed E-state index contributed by atoms with van der Waals surface area (Å²) in [5.74, 6) is -0.0890. The van der Waals surface area contributed by atoms with Crippen LogP contribution < -0.4 is 5.32 Å². The summed E-state index contributed by atoms with van der Waals surface area (Å²) >= 11 is 0. The van der Waals surface area contributed by atoms with E-state index in [0.717, 1.165) is 24.9 Å². The Kier molecular flexibility index (Phi) is 4.11. The molecule has 2 heterocycles. The zero-order chi connectivity index (χ0) is 12.8. The fourth-order valence-electron chi connectivity index (χ4n) is 2.02. The van der Waals surface area contributed by atoms with Crippen LogP contribution in [-0.2, 0) is 9.59 Å². The van der Waals surface area contributed by atoms with Crippen LogP contribution in [0, 0.1) is 0 Å². The molecule has 1 aromatic heterocycles. The highest BCUT2D eigenvalue weighted by Crippen LogP contribution is 2.14. The van der Waals surface area contributed by atoms with E-state index in [0.29, 0.717) is 13.1 Å². The van der Waals surface area contributed by atoms with Crippen molar-refractivity contribution in [3.8, 4) is 0 Å². The third-order valence-electron chi connectivity index (χ3n) is 2.94. The van der Waals surface area contributed by atoms with E-state index in [9.17, 15) is 9.59 Å². The maximum Gasteiger partial charge on any atom is 0.243 e. The molecule has 2 amide bonds. The van der Waals surface area contributed by atoms with E-state index in [-0.39, 0.29) is 11.9 Å². The van der Waals surface area contributed by atoms with Crippen molar-refractivity contribution >= 4 is 18.4 Å². The van der Waals surface area contributed by atoms with Gasteiger partial charge in [0.05, 0.1) is 18.2 Å². The van der Waals surface area contributed by atoms with Crippen LogP contribution in [0.15, 0.2) is 18.6 Å². The molecule has 0 unspecified atom stereocenters. The molecule has 6 nitrogen and oxygen atoms in total. The zero-order valence-corrected chi connectivity index (χ0v) is 10.0. The highest BCUT2D eigenvalue weighted by molar-refractivity contribution is 5.84. The number of imidazole rings is 1. The number of aromatic amines is 1. The van der Waals surface area contributed by atoms with Crippen LogP contribution in [0.25, 0.3) is 6.08 Å². The Morgan fingerprint density at radius 2 is 2.56 bits per heavy atom. The Morgan fingerprint density at radius 1 is 1.67 bits per heavy atom. The third kappa shape index (κ3) is 2.97. The summed E-state index contributed by atoms with van der Waals surface area (Å²) in [5, 5.41) is 2.79. The van der Waals surface area contributed by atoms with Crippen molar-refractivity contribution in [2.45, 2.75) is 18.9 Å². The predicted molar refractivity (Wildman–Crippen MR) is 66.4 cm³/mol. The molecule has 96 valence electrons. The monoisotopic (exact) mass is 248 g/mol. The van der Waals surface area contributed by atoms with E-state index < -0.39 is 0 Å². The molecule has 0 radical (unpaired) electrons. The van der Waals surface area contributed by atoms with Crippen LogP contribution in [0.2, 0.25) is 0 Å².